The Morgan fingerprint density at radius 1 is 1.00 bits per heavy atom. The van der Waals surface area contributed by atoms with Crippen molar-refractivity contribution < 1.29 is 44.6 Å². The number of halogens is 1. The zero-order chi connectivity index (χ0) is 37.9. The van der Waals surface area contributed by atoms with E-state index in [2.05, 4.69) is 12.1 Å². The fourth-order valence-corrected chi connectivity index (χ4v) is 8.40. The Morgan fingerprint density at radius 2 is 1.75 bits per heavy atom. The van der Waals surface area contributed by atoms with Gasteiger partial charge in [-0.1, -0.05) is 78.3 Å². The smallest absolute Gasteiger partial charge is 0.335 e. The summed E-state index contributed by atoms with van der Waals surface area (Å²) in [6, 6.07) is 25.8. The average Bonchev–Trinajstić information content (AvgIpc) is 3.89. The van der Waals surface area contributed by atoms with E-state index in [1.807, 2.05) is 78.9 Å². The zero-order valence-corrected chi connectivity index (χ0v) is 31.0. The fraction of sp³-hybridized carbons (Fsp3) is 0.390. The molecule has 10 nitrogen and oxygen atoms in total. The lowest BCUT2D eigenvalue weighted by molar-refractivity contribution is -0.286. The number of carboxylic acids is 1. The molecule has 2 unspecified atom stereocenters. The van der Waals surface area contributed by atoms with Gasteiger partial charge in [0.15, 0.2) is 6.10 Å². The summed E-state index contributed by atoms with van der Waals surface area (Å²) in [6.07, 6.45) is -2.07. The molecular weight excluding hydrogens is 718 g/mol. The molecule has 6 rings (SSSR count). The number of hydrogen-bond acceptors (Lipinski definition) is 10. The van der Waals surface area contributed by atoms with Crippen molar-refractivity contribution in [2.75, 3.05) is 5.75 Å². The van der Waals surface area contributed by atoms with Crippen molar-refractivity contribution in [3.05, 3.63) is 112 Å². The van der Waals surface area contributed by atoms with Crippen LogP contribution in [0.25, 0.3) is 23.1 Å². The number of fused-ring (bicyclic) bond motifs is 1. The molecule has 3 aromatic carbocycles. The molecule has 1 aliphatic heterocycles. The van der Waals surface area contributed by atoms with Crippen LogP contribution in [-0.2, 0) is 31.1 Å². The molecule has 12 heteroatoms. The molecule has 0 spiro atoms. The minimum Gasteiger partial charge on any atom is -0.479 e. The molecule has 1 aliphatic carbocycles. The van der Waals surface area contributed by atoms with Crippen molar-refractivity contribution in [3.8, 4) is 0 Å². The Kier molecular flexibility index (Phi) is 11.9. The SMILES string of the molecule is CC(C)(O)c1ccccc1CC[C@@H](SCC1(CC(=O)O[C@H]2O[C@H](C(=O)O)[C@@H](O)C(O)C2O)CC1)c1cccc(/C=C/c2ccc3ccc(Cl)cc3n2)c1. The highest BCUT2D eigenvalue weighted by atomic mass is 35.5. The van der Waals surface area contributed by atoms with E-state index in [1.165, 1.54) is 0 Å². The molecule has 2 heterocycles. The number of hydrogen-bond donors (Lipinski definition) is 5. The summed E-state index contributed by atoms with van der Waals surface area (Å²) in [4.78, 5) is 29.3. The Hall–Kier alpha value is -3.81. The van der Waals surface area contributed by atoms with Crippen LogP contribution in [-0.4, -0.2) is 78.9 Å². The van der Waals surface area contributed by atoms with Crippen LogP contribution in [0.3, 0.4) is 0 Å². The number of aliphatic hydroxyl groups is 4. The maximum atomic E-state index is 13.1. The number of thioether (sulfide) groups is 1. The summed E-state index contributed by atoms with van der Waals surface area (Å²) in [6.45, 7) is 3.57. The predicted molar refractivity (Wildman–Crippen MR) is 204 cm³/mol. The summed E-state index contributed by atoms with van der Waals surface area (Å²) < 4.78 is 10.5. The van der Waals surface area contributed by atoms with E-state index in [-0.39, 0.29) is 17.1 Å². The number of aliphatic hydroxyl groups excluding tert-OH is 3. The first-order valence-electron chi connectivity index (χ1n) is 17.6. The average molecular weight is 762 g/mol. The minimum absolute atomic E-state index is 0.0178. The second kappa shape index (κ2) is 16.3. The summed E-state index contributed by atoms with van der Waals surface area (Å²) in [5.74, 6) is -1.60. The van der Waals surface area contributed by atoms with Crippen LogP contribution < -0.4 is 0 Å². The minimum atomic E-state index is -1.88. The third-order valence-electron chi connectivity index (χ3n) is 9.88. The molecule has 53 heavy (non-hydrogen) atoms. The first-order valence-corrected chi connectivity index (χ1v) is 19.0. The van der Waals surface area contributed by atoms with E-state index in [0.717, 1.165) is 58.1 Å². The van der Waals surface area contributed by atoms with Crippen LogP contribution in [0, 0.1) is 5.41 Å². The van der Waals surface area contributed by atoms with Crippen LogP contribution in [0.1, 0.15) is 72.7 Å². The lowest BCUT2D eigenvalue weighted by atomic mass is 9.90. The molecule has 1 aromatic heterocycles. The molecule has 280 valence electrons. The van der Waals surface area contributed by atoms with Gasteiger partial charge in [-0.3, -0.25) is 4.79 Å². The molecule has 2 aliphatic rings. The van der Waals surface area contributed by atoms with Gasteiger partial charge in [0.2, 0.25) is 6.29 Å². The number of carbonyl (C=O) groups is 2. The number of benzene rings is 3. The molecule has 1 saturated carbocycles. The van der Waals surface area contributed by atoms with Crippen molar-refractivity contribution in [2.24, 2.45) is 5.41 Å². The van der Waals surface area contributed by atoms with Gasteiger partial charge in [0, 0.05) is 21.4 Å². The summed E-state index contributed by atoms with van der Waals surface area (Å²) in [5, 5.41) is 52.3. The van der Waals surface area contributed by atoms with Gasteiger partial charge in [0.05, 0.1) is 23.2 Å². The molecule has 6 atom stereocenters. The van der Waals surface area contributed by atoms with Crippen LogP contribution in [0.4, 0.5) is 0 Å². The van der Waals surface area contributed by atoms with Gasteiger partial charge in [-0.25, -0.2) is 9.78 Å². The van der Waals surface area contributed by atoms with E-state index in [9.17, 15) is 35.1 Å². The standard InChI is InChI=1S/C41H44ClNO9S/c1-40(2,50)30-9-4-3-7-25(30)13-17-32(27-8-5-6-24(20-27)10-15-29-16-12-26-11-14-28(42)21-31(26)43-29)53-23-41(18-19-41)22-33(44)51-39-36(47)34(45)35(46)37(52-39)38(48)49/h3-12,14-16,20-21,32,34-37,39,45-47,50H,13,17-19,22-23H2,1-2H3,(H,48,49)/b15-10+/t32-,34?,35+,36?,37+,39+/m1/s1. The number of aliphatic carboxylic acids is 1. The quantitative estimate of drug-likeness (QED) is 0.0916. The molecule has 2 fully saturated rings. The normalized spacial score (nSPS) is 23.2. The second-order valence-corrected chi connectivity index (χ2v) is 16.2. The summed E-state index contributed by atoms with van der Waals surface area (Å²) in [7, 11) is 0. The van der Waals surface area contributed by atoms with Crippen molar-refractivity contribution in [1.29, 1.82) is 0 Å². The third-order valence-corrected chi connectivity index (χ3v) is 11.8. The number of nitrogens with zero attached hydrogens (tertiary/aromatic N) is 1. The third kappa shape index (κ3) is 9.66. The predicted octanol–water partition coefficient (Wildman–Crippen LogP) is 6.30. The molecule has 5 N–H and O–H groups in total. The van der Waals surface area contributed by atoms with E-state index in [4.69, 9.17) is 26.1 Å². The number of carbonyl (C=O) groups excluding carboxylic acids is 1. The number of aromatic nitrogens is 1. The number of carboxylic acid groups (broad SMARTS) is 1. The van der Waals surface area contributed by atoms with Crippen molar-refractivity contribution in [1.82, 2.24) is 4.98 Å². The highest BCUT2D eigenvalue weighted by Crippen LogP contribution is 2.53. The van der Waals surface area contributed by atoms with Gasteiger partial charge >= 0.3 is 11.9 Å². The fourth-order valence-electron chi connectivity index (χ4n) is 6.66. The van der Waals surface area contributed by atoms with Crippen molar-refractivity contribution >= 4 is 58.4 Å². The van der Waals surface area contributed by atoms with Crippen molar-refractivity contribution in [2.45, 2.75) is 87.5 Å². The van der Waals surface area contributed by atoms with Gasteiger partial charge in [0.1, 0.15) is 18.3 Å². The molecule has 0 amide bonds. The number of ether oxygens (including phenoxy) is 2. The first kappa shape index (κ1) is 38.9. The van der Waals surface area contributed by atoms with E-state index < -0.39 is 48.2 Å². The van der Waals surface area contributed by atoms with Gasteiger partial charge < -0.3 is 35.0 Å². The number of rotatable bonds is 14. The Bertz CT molecular complexity index is 1980. The maximum Gasteiger partial charge on any atom is 0.335 e. The number of aryl methyl sites for hydroxylation is 1. The number of pyridine rings is 1. The Morgan fingerprint density at radius 3 is 2.49 bits per heavy atom. The van der Waals surface area contributed by atoms with Crippen LogP contribution in [0.2, 0.25) is 5.02 Å². The Labute approximate surface area is 317 Å². The van der Waals surface area contributed by atoms with Crippen LogP contribution in [0.5, 0.6) is 0 Å². The zero-order valence-electron chi connectivity index (χ0n) is 29.5. The lowest BCUT2D eigenvalue weighted by Crippen LogP contribution is -2.60. The summed E-state index contributed by atoms with van der Waals surface area (Å²) in [5.41, 5.74) is 4.30. The first-order chi connectivity index (χ1) is 25.2. The van der Waals surface area contributed by atoms with E-state index in [0.29, 0.717) is 17.2 Å². The van der Waals surface area contributed by atoms with Gasteiger partial charge in [0.25, 0.3) is 0 Å². The highest BCUT2D eigenvalue weighted by molar-refractivity contribution is 7.99. The Balaban J connectivity index is 1.18. The van der Waals surface area contributed by atoms with E-state index >= 15 is 0 Å². The topological polar surface area (TPSA) is 167 Å². The lowest BCUT2D eigenvalue weighted by Gasteiger charge is -2.38. The highest BCUT2D eigenvalue weighted by Gasteiger charge is 2.50. The maximum absolute atomic E-state index is 13.1. The van der Waals surface area contributed by atoms with E-state index in [1.54, 1.807) is 25.6 Å². The second-order valence-electron chi connectivity index (χ2n) is 14.5. The molecular formula is C41H44ClNO9S. The molecule has 4 aromatic rings. The van der Waals surface area contributed by atoms with Gasteiger partial charge in [-0.2, -0.15) is 11.8 Å². The van der Waals surface area contributed by atoms with Gasteiger partial charge in [-0.05, 0) is 91.5 Å². The van der Waals surface area contributed by atoms with Crippen LogP contribution in [0.15, 0.2) is 78.9 Å². The molecule has 1 saturated heterocycles. The van der Waals surface area contributed by atoms with Gasteiger partial charge in [-0.15, -0.1) is 0 Å². The summed E-state index contributed by atoms with van der Waals surface area (Å²) >= 11 is 7.94. The molecule has 0 radical (unpaired) electrons. The monoisotopic (exact) mass is 761 g/mol. The largest absolute Gasteiger partial charge is 0.479 e. The number of esters is 1. The molecule has 0 bridgehead atoms. The van der Waals surface area contributed by atoms with Crippen LogP contribution >= 0.6 is 23.4 Å². The van der Waals surface area contributed by atoms with Crippen molar-refractivity contribution in [3.63, 3.8) is 0 Å².